The van der Waals surface area contributed by atoms with Crippen LogP contribution in [0.2, 0.25) is 0 Å². The Labute approximate surface area is 271 Å². The molecule has 3 unspecified atom stereocenters. The van der Waals surface area contributed by atoms with Crippen molar-refractivity contribution in [1.82, 2.24) is 30.4 Å². The third-order valence-electron chi connectivity index (χ3n) is 6.62. The van der Waals surface area contributed by atoms with Gasteiger partial charge in [0.1, 0.15) is 5.76 Å². The third-order valence-corrected chi connectivity index (χ3v) is 8.54. The Morgan fingerprint density at radius 2 is 1.65 bits per heavy atom. The number of nitrogens with one attached hydrogen (secondary N) is 4. The molecule has 0 saturated heterocycles. The third kappa shape index (κ3) is 7.56. The summed E-state index contributed by atoms with van der Waals surface area (Å²) in [6, 6.07) is 19.6. The number of carbonyl (C=O) groups is 2. The Kier molecular flexibility index (Phi) is 9.62. The number of carbonyl (C=O) groups excluding carboxylic acids is 2. The summed E-state index contributed by atoms with van der Waals surface area (Å²) in [5.41, 5.74) is 0.551. The lowest BCUT2D eigenvalue weighted by Gasteiger charge is -2.13. The van der Waals surface area contributed by atoms with Crippen LogP contribution in [0.3, 0.4) is 0 Å². The summed E-state index contributed by atoms with van der Waals surface area (Å²) in [6.45, 7) is 3.78. The van der Waals surface area contributed by atoms with Gasteiger partial charge in [0, 0.05) is 23.4 Å². The van der Waals surface area contributed by atoms with Gasteiger partial charge in [-0.3, -0.25) is 19.8 Å². The lowest BCUT2D eigenvalue weighted by atomic mass is 10.1. The number of ether oxygens (including phenoxy) is 1. The number of anilines is 2. The molecule has 0 radical (unpaired) electrons. The molecule has 2 aromatic carbocycles. The van der Waals surface area contributed by atoms with E-state index in [1.807, 2.05) is 24.3 Å². The molecule has 15 heteroatoms. The zero-order valence-corrected chi connectivity index (χ0v) is 25.8. The molecule has 5 N–H and O–H groups in total. The molecule has 46 heavy (non-hydrogen) atoms. The maximum atomic E-state index is 13.1. The fourth-order valence-corrected chi connectivity index (χ4v) is 5.86. The molecule has 0 bridgehead atoms. The molecule has 3 aromatic heterocycles. The van der Waals surface area contributed by atoms with E-state index in [-0.39, 0.29) is 17.2 Å². The molecule has 5 aromatic rings. The highest BCUT2D eigenvalue weighted by atomic mass is 32.2. The van der Waals surface area contributed by atoms with Crippen molar-refractivity contribution in [2.75, 3.05) is 10.6 Å². The number of H-pyrrole nitrogens is 2. The molecule has 3 atom stereocenters. The lowest BCUT2D eigenvalue weighted by Crippen LogP contribution is -2.24. The van der Waals surface area contributed by atoms with Crippen molar-refractivity contribution in [3.8, 4) is 22.9 Å². The van der Waals surface area contributed by atoms with Gasteiger partial charge in [0.2, 0.25) is 16.2 Å². The van der Waals surface area contributed by atoms with Crippen LogP contribution >= 0.6 is 23.5 Å². The predicted molar refractivity (Wildman–Crippen MR) is 174 cm³/mol. The number of rotatable bonds is 13. The maximum Gasteiger partial charge on any atom is 0.264 e. The Hall–Kier alpha value is -5.12. The molecular formula is C31H28N8O5S2. The van der Waals surface area contributed by atoms with Crippen LogP contribution < -0.4 is 10.6 Å². The number of aliphatic hydroxyl groups is 1. The van der Waals surface area contributed by atoms with Crippen LogP contribution in [0.1, 0.15) is 24.8 Å². The van der Waals surface area contributed by atoms with Gasteiger partial charge in [-0.15, -0.1) is 16.8 Å². The van der Waals surface area contributed by atoms with Crippen molar-refractivity contribution < 1.29 is 23.8 Å². The number of benzene rings is 2. The number of nitrogens with zero attached hydrogens (tertiary/aromatic N) is 4. The minimum absolute atomic E-state index is 0.181. The minimum Gasteiger partial charge on any atom is -0.490 e. The van der Waals surface area contributed by atoms with Gasteiger partial charge in [-0.1, -0.05) is 36.0 Å². The number of aromatic nitrogens is 6. The van der Waals surface area contributed by atoms with Crippen molar-refractivity contribution >= 4 is 46.7 Å². The van der Waals surface area contributed by atoms with E-state index in [1.165, 1.54) is 11.8 Å². The van der Waals surface area contributed by atoms with Crippen molar-refractivity contribution in [3.63, 3.8) is 0 Å². The van der Waals surface area contributed by atoms with E-state index < -0.39 is 16.6 Å². The van der Waals surface area contributed by atoms with Gasteiger partial charge in [0.15, 0.2) is 28.9 Å². The molecule has 1 aliphatic heterocycles. The van der Waals surface area contributed by atoms with Crippen LogP contribution in [0.5, 0.6) is 0 Å². The zero-order valence-electron chi connectivity index (χ0n) is 24.1. The Balaban J connectivity index is 1.04. The molecule has 1 aliphatic rings. The monoisotopic (exact) mass is 656 g/mol. The van der Waals surface area contributed by atoms with Crippen molar-refractivity contribution in [1.29, 1.82) is 0 Å². The molecular weight excluding hydrogens is 629 g/mol. The number of amides is 2. The number of hydrogen-bond donors (Lipinski definition) is 5. The quantitative estimate of drug-likeness (QED) is 0.0608. The summed E-state index contributed by atoms with van der Waals surface area (Å²) in [5, 5.41) is 30.0. The number of furan rings is 1. The van der Waals surface area contributed by atoms with E-state index in [9.17, 15) is 14.7 Å². The summed E-state index contributed by atoms with van der Waals surface area (Å²) in [4.78, 5) is 34.2. The van der Waals surface area contributed by atoms with E-state index in [0.29, 0.717) is 52.5 Å². The highest BCUT2D eigenvalue weighted by Crippen LogP contribution is 2.31. The first-order valence-corrected chi connectivity index (χ1v) is 15.9. The first-order chi connectivity index (χ1) is 22.4. The van der Waals surface area contributed by atoms with Crippen LogP contribution in [0.15, 0.2) is 106 Å². The molecule has 6 rings (SSSR count). The highest BCUT2D eigenvalue weighted by molar-refractivity contribution is 8.00. The number of thioether (sulfide) groups is 2. The van der Waals surface area contributed by atoms with Gasteiger partial charge in [0.05, 0.1) is 11.5 Å². The van der Waals surface area contributed by atoms with Gasteiger partial charge in [-0.25, -0.2) is 4.98 Å². The molecule has 234 valence electrons. The van der Waals surface area contributed by atoms with Gasteiger partial charge in [-0.2, -0.15) is 4.98 Å². The van der Waals surface area contributed by atoms with E-state index in [4.69, 9.17) is 9.15 Å². The fraction of sp³-hybridized carbons (Fsp3) is 0.161. The van der Waals surface area contributed by atoms with Crippen molar-refractivity contribution in [3.05, 3.63) is 97.5 Å². The van der Waals surface area contributed by atoms with Crippen LogP contribution in [-0.2, 0) is 14.3 Å². The highest BCUT2D eigenvalue weighted by Gasteiger charge is 2.24. The smallest absolute Gasteiger partial charge is 0.264 e. The number of allylic oxidation sites excluding steroid dienone is 1. The van der Waals surface area contributed by atoms with E-state index in [1.54, 1.807) is 60.9 Å². The van der Waals surface area contributed by atoms with Gasteiger partial charge in [0.25, 0.3) is 5.91 Å². The SMILES string of the molecule is C=CCC(Sc1n[nH]c(C2CC=CO2)n1)C(=O)Nc1ccc(-c2ccc(-c3nc(SC(O)C(=O)Nc4ccccc4)n[nH]3)o2)cc1. The molecule has 0 fully saturated rings. The van der Waals surface area contributed by atoms with Crippen LogP contribution in [-0.4, -0.2) is 58.0 Å². The van der Waals surface area contributed by atoms with E-state index in [0.717, 1.165) is 17.3 Å². The van der Waals surface area contributed by atoms with Gasteiger partial charge >= 0.3 is 0 Å². The standard InChI is InChI=1S/C31H28N8O5S2/c1-2-7-24(45-30-34-25(36-38-30)22-10-6-17-43-22)27(40)32-20-13-11-18(12-14-20)21-15-16-23(44-21)26-35-31(39-37-26)46-29(42)28(41)33-19-8-4-3-5-9-19/h2-6,8-9,11-17,22,24,29,42H,1,7,10H2,(H,32,40)(H,33,41)(H,34,36,38)(H,35,37,39). The second-order valence-electron chi connectivity index (χ2n) is 9.89. The normalized spacial score (nSPS) is 15.2. The lowest BCUT2D eigenvalue weighted by molar-refractivity contribution is -0.120. The Morgan fingerprint density at radius 1 is 0.935 bits per heavy atom. The first kappa shape index (κ1) is 30.9. The number of aromatic amines is 2. The second kappa shape index (κ2) is 14.3. The van der Waals surface area contributed by atoms with Crippen molar-refractivity contribution in [2.24, 2.45) is 0 Å². The summed E-state index contributed by atoms with van der Waals surface area (Å²) in [6.07, 6.45) is 6.20. The summed E-state index contributed by atoms with van der Waals surface area (Å²) in [5.74, 6) is 1.16. The molecule has 0 saturated carbocycles. The maximum absolute atomic E-state index is 13.1. The number of para-hydroxylation sites is 1. The van der Waals surface area contributed by atoms with Crippen LogP contribution in [0, 0.1) is 0 Å². The number of hydrogen-bond acceptors (Lipinski definition) is 11. The number of aliphatic hydroxyl groups excluding tert-OH is 1. The Bertz CT molecular complexity index is 1830. The summed E-state index contributed by atoms with van der Waals surface area (Å²) >= 11 is 2.05. The van der Waals surface area contributed by atoms with E-state index >= 15 is 0 Å². The van der Waals surface area contributed by atoms with Crippen molar-refractivity contribution in [2.45, 2.75) is 39.9 Å². The topological polar surface area (TPSA) is 184 Å². The van der Waals surface area contributed by atoms with Crippen LogP contribution in [0.4, 0.5) is 11.4 Å². The Morgan fingerprint density at radius 3 is 2.41 bits per heavy atom. The molecule has 4 heterocycles. The molecule has 13 nitrogen and oxygen atoms in total. The van der Waals surface area contributed by atoms with Crippen LogP contribution in [0.25, 0.3) is 22.9 Å². The van der Waals surface area contributed by atoms with Gasteiger partial charge in [-0.05, 0) is 72.8 Å². The minimum atomic E-state index is -1.41. The fourth-order valence-electron chi connectivity index (χ4n) is 4.35. The average molecular weight is 657 g/mol. The predicted octanol–water partition coefficient (Wildman–Crippen LogP) is 5.55. The average Bonchev–Trinajstić information content (AvgIpc) is 3.89. The van der Waals surface area contributed by atoms with E-state index in [2.05, 4.69) is 47.6 Å². The molecule has 0 spiro atoms. The summed E-state index contributed by atoms with van der Waals surface area (Å²) in [7, 11) is 0. The largest absolute Gasteiger partial charge is 0.490 e. The molecule has 2 amide bonds. The zero-order chi connectivity index (χ0) is 31.9. The summed E-state index contributed by atoms with van der Waals surface area (Å²) < 4.78 is 11.5. The van der Waals surface area contributed by atoms with Gasteiger partial charge < -0.3 is 24.9 Å². The second-order valence-corrected chi connectivity index (χ2v) is 12.1. The molecule has 0 aliphatic carbocycles. The first-order valence-electron chi connectivity index (χ1n) is 14.1.